The van der Waals surface area contributed by atoms with E-state index in [1.54, 1.807) is 12.1 Å². The molecule has 1 heterocycles. The summed E-state index contributed by atoms with van der Waals surface area (Å²) in [5, 5.41) is 9.52. The van der Waals surface area contributed by atoms with Gasteiger partial charge in [-0.3, -0.25) is 4.99 Å². The maximum absolute atomic E-state index is 11.3. The summed E-state index contributed by atoms with van der Waals surface area (Å²) in [5.41, 5.74) is 1.54. The highest BCUT2D eigenvalue weighted by Crippen LogP contribution is 2.24. The number of benzene rings is 1. The second kappa shape index (κ2) is 5.02. The van der Waals surface area contributed by atoms with Gasteiger partial charge in [-0.1, -0.05) is 12.1 Å². The lowest BCUT2D eigenvalue weighted by atomic mass is 10.1. The van der Waals surface area contributed by atoms with Gasteiger partial charge in [-0.05, 0) is 12.1 Å². The highest BCUT2D eigenvalue weighted by Gasteiger charge is 2.26. The van der Waals surface area contributed by atoms with Crippen LogP contribution in [-0.4, -0.2) is 29.9 Å². The van der Waals surface area contributed by atoms with Gasteiger partial charge < -0.3 is 4.74 Å². The predicted octanol–water partition coefficient (Wildman–Crippen LogP) is 1.59. The van der Waals surface area contributed by atoms with Gasteiger partial charge in [-0.15, -0.1) is 11.8 Å². The Morgan fingerprint density at radius 2 is 2.24 bits per heavy atom. The second-order valence-electron chi connectivity index (χ2n) is 3.47. The van der Waals surface area contributed by atoms with E-state index in [4.69, 9.17) is 5.26 Å². The molecule has 5 heteroatoms. The second-order valence-corrected chi connectivity index (χ2v) is 4.48. The topological polar surface area (TPSA) is 62.5 Å². The molecule has 0 fully saturated rings. The highest BCUT2D eigenvalue weighted by molar-refractivity contribution is 8.14. The van der Waals surface area contributed by atoms with E-state index in [9.17, 15) is 4.79 Å². The van der Waals surface area contributed by atoms with Crippen LogP contribution in [0.4, 0.5) is 0 Å². The van der Waals surface area contributed by atoms with E-state index < -0.39 is 6.04 Å². The molecule has 86 valence electrons. The molecule has 1 aromatic rings. The minimum Gasteiger partial charge on any atom is -0.467 e. The number of ether oxygens (including phenoxy) is 1. The first kappa shape index (κ1) is 11.7. The average Bonchev–Trinajstić information content (AvgIpc) is 2.87. The quantitative estimate of drug-likeness (QED) is 0.743. The van der Waals surface area contributed by atoms with Crippen molar-refractivity contribution in [3.8, 4) is 6.07 Å². The van der Waals surface area contributed by atoms with Crippen LogP contribution < -0.4 is 0 Å². The lowest BCUT2D eigenvalue weighted by molar-refractivity contribution is -0.141. The molecule has 0 N–H and O–H groups in total. The number of carbonyl (C=O) groups is 1. The van der Waals surface area contributed by atoms with Crippen LogP contribution in [0.1, 0.15) is 11.1 Å². The molecule has 1 aliphatic heterocycles. The Kier molecular flexibility index (Phi) is 3.45. The van der Waals surface area contributed by atoms with Crippen molar-refractivity contribution in [3.63, 3.8) is 0 Å². The summed E-state index contributed by atoms with van der Waals surface area (Å²) in [5.74, 6) is 0.309. The van der Waals surface area contributed by atoms with Gasteiger partial charge in [0, 0.05) is 11.3 Å². The van der Waals surface area contributed by atoms with Gasteiger partial charge in [0.1, 0.15) is 0 Å². The van der Waals surface area contributed by atoms with Crippen molar-refractivity contribution in [2.24, 2.45) is 4.99 Å². The number of hydrogen-bond donors (Lipinski definition) is 0. The fourth-order valence-electron chi connectivity index (χ4n) is 1.48. The van der Waals surface area contributed by atoms with Gasteiger partial charge in [0.2, 0.25) is 0 Å². The van der Waals surface area contributed by atoms with Crippen LogP contribution in [0.5, 0.6) is 0 Å². The molecule has 0 aliphatic carbocycles. The molecule has 0 aromatic heterocycles. The molecule has 1 unspecified atom stereocenters. The lowest BCUT2D eigenvalue weighted by Gasteiger charge is -2.00. The first-order valence-electron chi connectivity index (χ1n) is 5.03. The standard InChI is InChI=1S/C12H10N2O2S/c1-16-12(15)10-7-17-11(14-10)9-4-2-8(6-13)3-5-9/h2-5,10H,7H2,1H3. The molecule has 1 aromatic carbocycles. The summed E-state index contributed by atoms with van der Waals surface area (Å²) in [6.07, 6.45) is 0. The van der Waals surface area contributed by atoms with Crippen LogP contribution >= 0.6 is 11.8 Å². The van der Waals surface area contributed by atoms with Crippen LogP contribution in [-0.2, 0) is 9.53 Å². The Morgan fingerprint density at radius 3 is 2.82 bits per heavy atom. The van der Waals surface area contributed by atoms with Gasteiger partial charge in [0.15, 0.2) is 6.04 Å². The summed E-state index contributed by atoms with van der Waals surface area (Å²) in [6.45, 7) is 0. The summed E-state index contributed by atoms with van der Waals surface area (Å²) in [7, 11) is 1.36. The number of thioether (sulfide) groups is 1. The first-order valence-corrected chi connectivity index (χ1v) is 6.02. The molecule has 17 heavy (non-hydrogen) atoms. The Hall–Kier alpha value is -1.80. The van der Waals surface area contributed by atoms with Crippen LogP contribution in [0.3, 0.4) is 0 Å². The van der Waals surface area contributed by atoms with Crippen LogP contribution in [0, 0.1) is 11.3 Å². The van der Waals surface area contributed by atoms with Crippen molar-refractivity contribution in [3.05, 3.63) is 35.4 Å². The summed E-state index contributed by atoms with van der Waals surface area (Å²) in [6, 6.07) is 8.81. The Balaban J connectivity index is 2.18. The highest BCUT2D eigenvalue weighted by atomic mass is 32.2. The molecule has 1 atom stereocenters. The van der Waals surface area contributed by atoms with E-state index in [0.29, 0.717) is 11.3 Å². The van der Waals surface area contributed by atoms with E-state index in [0.717, 1.165) is 10.6 Å². The predicted molar refractivity (Wildman–Crippen MR) is 66.0 cm³/mol. The van der Waals surface area contributed by atoms with Crippen molar-refractivity contribution in [1.82, 2.24) is 0 Å². The van der Waals surface area contributed by atoms with Crippen molar-refractivity contribution in [2.75, 3.05) is 12.9 Å². The number of methoxy groups -OCH3 is 1. The molecule has 4 nitrogen and oxygen atoms in total. The third kappa shape index (κ3) is 2.48. The fraction of sp³-hybridized carbons (Fsp3) is 0.250. The summed E-state index contributed by atoms with van der Waals surface area (Å²) < 4.78 is 4.65. The number of carbonyl (C=O) groups excluding carboxylic acids is 1. The zero-order valence-electron chi connectivity index (χ0n) is 9.21. The molecule has 0 saturated carbocycles. The molecule has 0 saturated heterocycles. The maximum Gasteiger partial charge on any atom is 0.331 e. The zero-order valence-corrected chi connectivity index (χ0v) is 10.0. The number of aliphatic imine (C=N–C) groups is 1. The van der Waals surface area contributed by atoms with E-state index in [1.807, 2.05) is 12.1 Å². The van der Waals surface area contributed by atoms with Crippen molar-refractivity contribution < 1.29 is 9.53 Å². The molecule has 0 radical (unpaired) electrons. The Bertz CT molecular complexity index is 502. The van der Waals surface area contributed by atoms with Crippen molar-refractivity contribution >= 4 is 22.8 Å². The van der Waals surface area contributed by atoms with Gasteiger partial charge in [-0.2, -0.15) is 5.26 Å². The molecule has 0 spiro atoms. The molecule has 2 rings (SSSR count). The average molecular weight is 246 g/mol. The van der Waals surface area contributed by atoms with Crippen LogP contribution in [0.15, 0.2) is 29.3 Å². The van der Waals surface area contributed by atoms with Gasteiger partial charge in [0.05, 0.1) is 23.8 Å². The summed E-state index contributed by atoms with van der Waals surface area (Å²) in [4.78, 5) is 15.6. The third-order valence-corrected chi connectivity index (χ3v) is 3.48. The van der Waals surface area contributed by atoms with Crippen LogP contribution in [0.25, 0.3) is 0 Å². The van der Waals surface area contributed by atoms with E-state index in [1.165, 1.54) is 18.9 Å². The number of nitriles is 1. The molecular weight excluding hydrogens is 236 g/mol. The maximum atomic E-state index is 11.3. The van der Waals surface area contributed by atoms with Gasteiger partial charge >= 0.3 is 5.97 Å². The number of nitrogens with zero attached hydrogens (tertiary/aromatic N) is 2. The van der Waals surface area contributed by atoms with E-state index in [-0.39, 0.29) is 5.97 Å². The Morgan fingerprint density at radius 1 is 1.53 bits per heavy atom. The minimum atomic E-state index is -0.407. The lowest BCUT2D eigenvalue weighted by Crippen LogP contribution is -2.19. The normalized spacial score (nSPS) is 18.4. The SMILES string of the molecule is COC(=O)C1CSC(c2ccc(C#N)cc2)=N1. The van der Waals surface area contributed by atoms with Gasteiger partial charge in [-0.25, -0.2) is 4.79 Å². The van der Waals surface area contributed by atoms with E-state index in [2.05, 4.69) is 15.8 Å². The third-order valence-electron chi connectivity index (χ3n) is 2.39. The summed E-state index contributed by atoms with van der Waals surface area (Å²) >= 11 is 1.53. The number of hydrogen-bond acceptors (Lipinski definition) is 5. The first-order chi connectivity index (χ1) is 8.24. The van der Waals surface area contributed by atoms with Crippen LogP contribution in [0.2, 0.25) is 0 Å². The fourth-order valence-corrected chi connectivity index (χ4v) is 2.51. The molecular formula is C12H10N2O2S. The monoisotopic (exact) mass is 246 g/mol. The van der Waals surface area contributed by atoms with E-state index >= 15 is 0 Å². The molecule has 0 bridgehead atoms. The minimum absolute atomic E-state index is 0.304. The molecule has 0 amide bonds. The van der Waals surface area contributed by atoms with Crippen molar-refractivity contribution in [1.29, 1.82) is 5.26 Å². The van der Waals surface area contributed by atoms with Gasteiger partial charge in [0.25, 0.3) is 0 Å². The zero-order chi connectivity index (χ0) is 12.3. The number of esters is 1. The molecule has 1 aliphatic rings. The smallest absolute Gasteiger partial charge is 0.331 e. The largest absolute Gasteiger partial charge is 0.467 e. The van der Waals surface area contributed by atoms with Crippen molar-refractivity contribution in [2.45, 2.75) is 6.04 Å². The Labute approximate surface area is 103 Å². The number of rotatable bonds is 2.